The van der Waals surface area contributed by atoms with Gasteiger partial charge in [0.15, 0.2) is 0 Å². The normalized spacial score (nSPS) is 20.4. The summed E-state index contributed by atoms with van der Waals surface area (Å²) in [6.07, 6.45) is 6.14. The number of nitrogens with one attached hydrogen (secondary N) is 1. The zero-order valence-corrected chi connectivity index (χ0v) is 19.7. The van der Waals surface area contributed by atoms with Crippen molar-refractivity contribution in [1.82, 2.24) is 4.57 Å². The summed E-state index contributed by atoms with van der Waals surface area (Å²) >= 11 is 0. The van der Waals surface area contributed by atoms with Gasteiger partial charge in [0.05, 0.1) is 23.5 Å². The Kier molecular flexibility index (Phi) is 6.00. The Labute approximate surface area is 204 Å². The number of amides is 1. The average Bonchev–Trinajstić information content (AvgIpc) is 3.42. The van der Waals surface area contributed by atoms with E-state index in [-0.39, 0.29) is 12.2 Å². The molecule has 6 rings (SSSR count). The number of hydrogen-bond acceptors (Lipinski definition) is 6. The molecule has 8 nitrogen and oxygen atoms in total. The molecule has 8 heteroatoms. The predicted octanol–water partition coefficient (Wildman–Crippen LogP) is 5.47. The van der Waals surface area contributed by atoms with Crippen molar-refractivity contribution in [2.24, 2.45) is 0 Å². The van der Waals surface area contributed by atoms with Gasteiger partial charge in [0, 0.05) is 22.7 Å². The summed E-state index contributed by atoms with van der Waals surface area (Å²) in [5.41, 5.74) is 11.3. The number of nitrogens with two attached hydrogens (primary N) is 1. The predicted molar refractivity (Wildman–Crippen MR) is 134 cm³/mol. The molecule has 1 amide bonds. The standard InChI is InChI=1S/C27H31N3O5/c28-25-23-13-21(33-15-22-14-32-16-34-22)11-12-24(23)30(19-3-1-4-19)26(25)17-7-9-18(10-8-17)29-27(31)35-20-5-2-6-20/h7-13,19-20,22H,1-6,14-16,28H2,(H,29,31). The van der Waals surface area contributed by atoms with Crippen LogP contribution in [0.5, 0.6) is 5.75 Å². The molecule has 3 aliphatic rings. The Hall–Kier alpha value is -3.23. The van der Waals surface area contributed by atoms with Crippen LogP contribution in [-0.4, -0.2) is 42.9 Å². The number of hydrogen-bond donors (Lipinski definition) is 2. The molecule has 35 heavy (non-hydrogen) atoms. The highest BCUT2D eigenvalue weighted by Crippen LogP contribution is 2.45. The van der Waals surface area contributed by atoms with Gasteiger partial charge in [-0.1, -0.05) is 12.1 Å². The van der Waals surface area contributed by atoms with Crippen LogP contribution in [0.1, 0.15) is 44.6 Å². The average molecular weight is 478 g/mol. The Morgan fingerprint density at radius 2 is 1.89 bits per heavy atom. The molecule has 184 valence electrons. The number of nitrogen functional groups attached to an aromatic ring is 1. The van der Waals surface area contributed by atoms with Crippen LogP contribution in [-0.2, 0) is 14.2 Å². The lowest BCUT2D eigenvalue weighted by molar-refractivity contribution is 0.0320. The monoisotopic (exact) mass is 477 g/mol. The van der Waals surface area contributed by atoms with Crippen molar-refractivity contribution in [3.05, 3.63) is 42.5 Å². The quantitative estimate of drug-likeness (QED) is 0.469. The molecule has 1 unspecified atom stereocenters. The van der Waals surface area contributed by atoms with Gasteiger partial charge in [-0.3, -0.25) is 5.32 Å². The van der Waals surface area contributed by atoms with E-state index < -0.39 is 6.09 Å². The van der Waals surface area contributed by atoms with Gasteiger partial charge in [-0.2, -0.15) is 0 Å². The first-order valence-corrected chi connectivity index (χ1v) is 12.5. The number of aromatic nitrogens is 1. The fourth-order valence-corrected chi connectivity index (χ4v) is 4.88. The topological polar surface area (TPSA) is 97.0 Å². The second-order valence-corrected chi connectivity index (χ2v) is 9.64. The van der Waals surface area contributed by atoms with Crippen molar-refractivity contribution in [3.63, 3.8) is 0 Å². The lowest BCUT2D eigenvalue weighted by atomic mass is 9.92. The van der Waals surface area contributed by atoms with Gasteiger partial charge in [-0.15, -0.1) is 0 Å². The number of carbonyl (C=O) groups excluding carboxylic acids is 1. The van der Waals surface area contributed by atoms with Crippen LogP contribution in [0.3, 0.4) is 0 Å². The molecule has 2 saturated carbocycles. The molecule has 0 radical (unpaired) electrons. The number of fused-ring (bicyclic) bond motifs is 1. The summed E-state index contributed by atoms with van der Waals surface area (Å²) < 4.78 is 24.5. The molecule has 1 atom stereocenters. The van der Waals surface area contributed by atoms with E-state index in [1.165, 1.54) is 6.42 Å². The van der Waals surface area contributed by atoms with Gasteiger partial charge in [0.1, 0.15) is 31.4 Å². The third kappa shape index (κ3) is 4.44. The number of benzene rings is 2. The molecule has 1 aromatic heterocycles. The molecule has 3 aromatic rings. The molecule has 2 heterocycles. The number of anilines is 2. The van der Waals surface area contributed by atoms with Crippen molar-refractivity contribution in [3.8, 4) is 17.0 Å². The van der Waals surface area contributed by atoms with Crippen LogP contribution in [0.25, 0.3) is 22.2 Å². The van der Waals surface area contributed by atoms with Crippen LogP contribution < -0.4 is 15.8 Å². The Morgan fingerprint density at radius 1 is 1.09 bits per heavy atom. The molecule has 2 aromatic carbocycles. The largest absolute Gasteiger partial charge is 0.491 e. The smallest absolute Gasteiger partial charge is 0.411 e. The van der Waals surface area contributed by atoms with Crippen LogP contribution >= 0.6 is 0 Å². The second-order valence-electron chi connectivity index (χ2n) is 9.64. The third-order valence-corrected chi connectivity index (χ3v) is 7.31. The maximum Gasteiger partial charge on any atom is 0.411 e. The van der Waals surface area contributed by atoms with Crippen LogP contribution in [0, 0.1) is 0 Å². The first kappa shape index (κ1) is 22.2. The van der Waals surface area contributed by atoms with E-state index in [4.69, 9.17) is 24.7 Å². The summed E-state index contributed by atoms with van der Waals surface area (Å²) in [6.45, 7) is 1.32. The summed E-state index contributed by atoms with van der Waals surface area (Å²) in [4.78, 5) is 12.1. The minimum Gasteiger partial charge on any atom is -0.491 e. The van der Waals surface area contributed by atoms with Crippen LogP contribution in [0.4, 0.5) is 16.2 Å². The summed E-state index contributed by atoms with van der Waals surface area (Å²) in [7, 11) is 0. The first-order chi connectivity index (χ1) is 17.2. The highest BCUT2D eigenvalue weighted by atomic mass is 16.7. The molecule has 3 fully saturated rings. The lowest BCUT2D eigenvalue weighted by Gasteiger charge is -2.30. The third-order valence-electron chi connectivity index (χ3n) is 7.31. The number of nitrogens with zero attached hydrogens (tertiary/aromatic N) is 1. The van der Waals surface area contributed by atoms with Gasteiger partial charge < -0.3 is 29.2 Å². The van der Waals surface area contributed by atoms with E-state index in [0.29, 0.717) is 31.7 Å². The van der Waals surface area contributed by atoms with E-state index in [1.807, 2.05) is 36.4 Å². The van der Waals surface area contributed by atoms with Crippen molar-refractivity contribution >= 4 is 28.4 Å². The van der Waals surface area contributed by atoms with Crippen LogP contribution in [0.2, 0.25) is 0 Å². The fourth-order valence-electron chi connectivity index (χ4n) is 4.88. The molecular formula is C27H31N3O5. The van der Waals surface area contributed by atoms with E-state index in [0.717, 1.165) is 65.7 Å². The summed E-state index contributed by atoms with van der Waals surface area (Å²) in [5, 5.41) is 3.82. The van der Waals surface area contributed by atoms with Gasteiger partial charge in [-0.05, 0) is 68.9 Å². The van der Waals surface area contributed by atoms with Crippen LogP contribution in [0.15, 0.2) is 42.5 Å². The Bertz CT molecular complexity index is 1210. The number of carbonyl (C=O) groups is 1. The molecule has 1 aliphatic heterocycles. The van der Waals surface area contributed by atoms with Crippen molar-refractivity contribution in [2.75, 3.05) is 31.1 Å². The highest BCUT2D eigenvalue weighted by molar-refractivity contribution is 6.02. The second kappa shape index (κ2) is 9.43. The summed E-state index contributed by atoms with van der Waals surface area (Å²) in [6, 6.07) is 14.4. The van der Waals surface area contributed by atoms with Crippen molar-refractivity contribution in [2.45, 2.75) is 56.8 Å². The number of ether oxygens (including phenoxy) is 4. The zero-order valence-electron chi connectivity index (χ0n) is 19.7. The Morgan fingerprint density at radius 3 is 2.54 bits per heavy atom. The molecule has 1 saturated heterocycles. The van der Waals surface area contributed by atoms with Crippen molar-refractivity contribution < 1.29 is 23.7 Å². The van der Waals surface area contributed by atoms with E-state index in [2.05, 4.69) is 16.0 Å². The SMILES string of the molecule is Nc1c(-c2ccc(NC(=O)OC3CCC3)cc2)n(C2CCC2)c2ccc(OCC3COCO3)cc12. The minimum absolute atomic E-state index is 0.0451. The fraction of sp³-hybridized carbons (Fsp3) is 0.444. The van der Waals surface area contributed by atoms with E-state index in [9.17, 15) is 4.79 Å². The molecular weight excluding hydrogens is 446 g/mol. The molecule has 3 N–H and O–H groups in total. The maximum atomic E-state index is 12.1. The lowest BCUT2D eigenvalue weighted by Crippen LogP contribution is -2.27. The van der Waals surface area contributed by atoms with Gasteiger partial charge in [0.25, 0.3) is 0 Å². The van der Waals surface area contributed by atoms with Gasteiger partial charge in [-0.25, -0.2) is 4.79 Å². The van der Waals surface area contributed by atoms with E-state index in [1.54, 1.807) is 0 Å². The van der Waals surface area contributed by atoms with Gasteiger partial charge in [0.2, 0.25) is 0 Å². The highest BCUT2D eigenvalue weighted by Gasteiger charge is 2.27. The molecule has 2 aliphatic carbocycles. The first-order valence-electron chi connectivity index (χ1n) is 12.5. The molecule has 0 spiro atoms. The maximum absolute atomic E-state index is 12.1. The summed E-state index contributed by atoms with van der Waals surface area (Å²) in [5.74, 6) is 0.765. The van der Waals surface area contributed by atoms with E-state index >= 15 is 0 Å². The van der Waals surface area contributed by atoms with Crippen molar-refractivity contribution in [1.29, 1.82) is 0 Å². The zero-order chi connectivity index (χ0) is 23.8. The minimum atomic E-state index is -0.396. The van der Waals surface area contributed by atoms with Gasteiger partial charge >= 0.3 is 6.09 Å². The Balaban J connectivity index is 1.27. The molecule has 0 bridgehead atoms. The number of rotatable bonds is 7.